The lowest BCUT2D eigenvalue weighted by atomic mass is 10.2. The summed E-state index contributed by atoms with van der Waals surface area (Å²) in [6, 6.07) is 4.51. The SMILES string of the molecule is CC(C)(O)COc1cccc([N+](=O)[O-])c1Br. The van der Waals surface area contributed by atoms with Crippen molar-refractivity contribution in [2.24, 2.45) is 0 Å². The molecule has 16 heavy (non-hydrogen) atoms. The average Bonchev–Trinajstić information content (AvgIpc) is 2.14. The molecule has 0 unspecified atom stereocenters. The summed E-state index contributed by atoms with van der Waals surface area (Å²) < 4.78 is 5.57. The van der Waals surface area contributed by atoms with Gasteiger partial charge in [-0.15, -0.1) is 0 Å². The highest BCUT2D eigenvalue weighted by atomic mass is 79.9. The van der Waals surface area contributed by atoms with Crippen LogP contribution in [0, 0.1) is 10.1 Å². The summed E-state index contributed by atoms with van der Waals surface area (Å²) in [5, 5.41) is 20.1. The number of nitro benzene ring substituents is 1. The highest BCUT2D eigenvalue weighted by molar-refractivity contribution is 9.10. The van der Waals surface area contributed by atoms with Crippen molar-refractivity contribution in [1.82, 2.24) is 0 Å². The Kier molecular flexibility index (Phi) is 3.88. The van der Waals surface area contributed by atoms with E-state index in [1.807, 2.05) is 0 Å². The van der Waals surface area contributed by atoms with Crippen LogP contribution in [0.5, 0.6) is 5.75 Å². The first kappa shape index (κ1) is 12.9. The molecule has 1 rings (SSSR count). The molecular formula is C10H12BrNO4. The van der Waals surface area contributed by atoms with Gasteiger partial charge in [-0.05, 0) is 35.8 Å². The van der Waals surface area contributed by atoms with Gasteiger partial charge in [-0.25, -0.2) is 0 Å². The molecule has 0 bridgehead atoms. The zero-order valence-electron chi connectivity index (χ0n) is 8.94. The molecule has 0 aromatic heterocycles. The van der Waals surface area contributed by atoms with Crippen LogP contribution in [0.2, 0.25) is 0 Å². The van der Waals surface area contributed by atoms with E-state index in [-0.39, 0.29) is 16.8 Å². The van der Waals surface area contributed by atoms with Crippen LogP contribution in [0.1, 0.15) is 13.8 Å². The van der Waals surface area contributed by atoms with Crippen molar-refractivity contribution >= 4 is 21.6 Å². The van der Waals surface area contributed by atoms with Crippen LogP contribution >= 0.6 is 15.9 Å². The Hall–Kier alpha value is -1.14. The number of nitro groups is 1. The quantitative estimate of drug-likeness (QED) is 0.683. The van der Waals surface area contributed by atoms with Gasteiger partial charge in [0, 0.05) is 6.07 Å². The number of aliphatic hydroxyl groups is 1. The van der Waals surface area contributed by atoms with Gasteiger partial charge in [0.25, 0.3) is 5.69 Å². The zero-order valence-corrected chi connectivity index (χ0v) is 10.5. The number of ether oxygens (including phenoxy) is 1. The summed E-state index contributed by atoms with van der Waals surface area (Å²) in [5.41, 5.74) is -1.04. The smallest absolute Gasteiger partial charge is 0.287 e. The molecule has 88 valence electrons. The van der Waals surface area contributed by atoms with Gasteiger partial charge < -0.3 is 9.84 Å². The first-order valence-corrected chi connectivity index (χ1v) is 5.38. The van der Waals surface area contributed by atoms with E-state index in [0.717, 1.165) is 0 Å². The van der Waals surface area contributed by atoms with Crippen LogP contribution < -0.4 is 4.74 Å². The lowest BCUT2D eigenvalue weighted by molar-refractivity contribution is -0.385. The lowest BCUT2D eigenvalue weighted by Gasteiger charge is -2.18. The number of nitrogens with zero attached hydrogens (tertiary/aromatic N) is 1. The van der Waals surface area contributed by atoms with E-state index in [2.05, 4.69) is 15.9 Å². The highest BCUT2D eigenvalue weighted by Gasteiger charge is 2.18. The molecule has 0 fully saturated rings. The molecule has 0 amide bonds. The molecule has 6 heteroatoms. The first-order chi connectivity index (χ1) is 7.31. The molecule has 5 nitrogen and oxygen atoms in total. The fraction of sp³-hybridized carbons (Fsp3) is 0.400. The van der Waals surface area contributed by atoms with Gasteiger partial charge in [-0.3, -0.25) is 10.1 Å². The predicted octanol–water partition coefficient (Wildman–Crippen LogP) is 2.51. The monoisotopic (exact) mass is 289 g/mol. The minimum Gasteiger partial charge on any atom is -0.489 e. The topological polar surface area (TPSA) is 72.6 Å². The standard InChI is InChI=1S/C10H12BrNO4/c1-10(2,13)6-16-8-5-3-4-7(9(8)11)12(14)15/h3-5,13H,6H2,1-2H3. The number of hydrogen-bond acceptors (Lipinski definition) is 4. The van der Waals surface area contributed by atoms with E-state index in [1.54, 1.807) is 19.9 Å². The third-order valence-corrected chi connectivity index (χ3v) is 2.52. The molecule has 0 saturated heterocycles. The van der Waals surface area contributed by atoms with Crippen molar-refractivity contribution in [3.05, 3.63) is 32.8 Å². The Labute approximate surface area is 101 Å². The normalized spacial score (nSPS) is 11.2. The maximum absolute atomic E-state index is 10.6. The second-order valence-corrected chi connectivity index (χ2v) is 4.74. The molecule has 1 aromatic rings. The Morgan fingerprint density at radius 1 is 1.56 bits per heavy atom. The van der Waals surface area contributed by atoms with Gasteiger partial charge in [0.05, 0.1) is 10.5 Å². The van der Waals surface area contributed by atoms with Crippen LogP contribution in [0.3, 0.4) is 0 Å². The van der Waals surface area contributed by atoms with E-state index < -0.39 is 10.5 Å². The molecule has 0 saturated carbocycles. The summed E-state index contributed by atoms with van der Waals surface area (Å²) in [6.45, 7) is 3.25. The van der Waals surface area contributed by atoms with E-state index in [9.17, 15) is 15.2 Å². The summed E-state index contributed by atoms with van der Waals surface area (Å²) in [4.78, 5) is 10.1. The molecule has 1 N–H and O–H groups in total. The fourth-order valence-corrected chi connectivity index (χ4v) is 1.53. The van der Waals surface area contributed by atoms with Gasteiger partial charge in [0.1, 0.15) is 16.8 Å². The largest absolute Gasteiger partial charge is 0.489 e. The van der Waals surface area contributed by atoms with Gasteiger partial charge in [-0.1, -0.05) is 6.07 Å². The third kappa shape index (κ3) is 3.46. The molecule has 0 aliphatic carbocycles. The molecule has 0 spiro atoms. The van der Waals surface area contributed by atoms with Crippen LogP contribution in [-0.4, -0.2) is 22.2 Å². The fourth-order valence-electron chi connectivity index (χ4n) is 1.01. The summed E-state index contributed by atoms with van der Waals surface area (Å²) in [7, 11) is 0. The molecule has 0 atom stereocenters. The van der Waals surface area contributed by atoms with E-state index >= 15 is 0 Å². The van der Waals surface area contributed by atoms with Gasteiger partial charge in [0.2, 0.25) is 0 Å². The van der Waals surface area contributed by atoms with Crippen molar-refractivity contribution in [2.45, 2.75) is 19.4 Å². The summed E-state index contributed by atoms with van der Waals surface area (Å²) >= 11 is 3.10. The minimum atomic E-state index is -0.982. The van der Waals surface area contributed by atoms with E-state index in [1.165, 1.54) is 12.1 Å². The maximum Gasteiger partial charge on any atom is 0.287 e. The molecular weight excluding hydrogens is 278 g/mol. The maximum atomic E-state index is 10.6. The molecule has 0 aliphatic rings. The zero-order chi connectivity index (χ0) is 12.3. The van der Waals surface area contributed by atoms with Gasteiger partial charge >= 0.3 is 0 Å². The first-order valence-electron chi connectivity index (χ1n) is 4.59. The van der Waals surface area contributed by atoms with Gasteiger partial charge in [-0.2, -0.15) is 0 Å². The molecule has 0 heterocycles. The van der Waals surface area contributed by atoms with Crippen molar-refractivity contribution in [3.8, 4) is 5.75 Å². The Morgan fingerprint density at radius 3 is 2.69 bits per heavy atom. The highest BCUT2D eigenvalue weighted by Crippen LogP contribution is 2.34. The van der Waals surface area contributed by atoms with Crippen molar-refractivity contribution in [3.63, 3.8) is 0 Å². The van der Waals surface area contributed by atoms with Crippen LogP contribution in [0.4, 0.5) is 5.69 Å². The van der Waals surface area contributed by atoms with Crippen LogP contribution in [0.15, 0.2) is 22.7 Å². The molecule has 0 radical (unpaired) electrons. The van der Waals surface area contributed by atoms with Crippen molar-refractivity contribution < 1.29 is 14.8 Å². The number of halogens is 1. The lowest BCUT2D eigenvalue weighted by Crippen LogP contribution is -2.27. The molecule has 0 aliphatic heterocycles. The third-order valence-electron chi connectivity index (χ3n) is 1.72. The summed E-state index contributed by atoms with van der Waals surface area (Å²) in [5.74, 6) is 0.344. The van der Waals surface area contributed by atoms with E-state index in [4.69, 9.17) is 4.74 Å². The van der Waals surface area contributed by atoms with Crippen LogP contribution in [-0.2, 0) is 0 Å². The second-order valence-electron chi connectivity index (χ2n) is 3.95. The predicted molar refractivity (Wildman–Crippen MR) is 62.6 cm³/mol. The Bertz CT molecular complexity index is 400. The van der Waals surface area contributed by atoms with Crippen LogP contribution in [0.25, 0.3) is 0 Å². The number of hydrogen-bond donors (Lipinski definition) is 1. The number of rotatable bonds is 4. The van der Waals surface area contributed by atoms with Crippen molar-refractivity contribution in [2.75, 3.05) is 6.61 Å². The second kappa shape index (κ2) is 4.80. The molecule has 1 aromatic carbocycles. The van der Waals surface area contributed by atoms with Crippen molar-refractivity contribution in [1.29, 1.82) is 0 Å². The summed E-state index contributed by atoms with van der Waals surface area (Å²) in [6.07, 6.45) is 0. The van der Waals surface area contributed by atoms with E-state index in [0.29, 0.717) is 5.75 Å². The minimum absolute atomic E-state index is 0.0618. The van der Waals surface area contributed by atoms with Gasteiger partial charge in [0.15, 0.2) is 0 Å². The Balaban J connectivity index is 2.90. The average molecular weight is 290 g/mol. The Morgan fingerprint density at radius 2 is 2.19 bits per heavy atom. The number of benzene rings is 1.